The average Bonchev–Trinajstić information content (AvgIpc) is 2.95. The van der Waals surface area contributed by atoms with Gasteiger partial charge in [0.05, 0.1) is 6.54 Å². The fourth-order valence-corrected chi connectivity index (χ4v) is 2.87. The molecule has 130 valence electrons. The van der Waals surface area contributed by atoms with E-state index in [9.17, 15) is 23.1 Å². The summed E-state index contributed by atoms with van der Waals surface area (Å²) in [5.41, 5.74) is -0.927. The van der Waals surface area contributed by atoms with Crippen LogP contribution in [0.2, 0.25) is 0 Å². The highest BCUT2D eigenvalue weighted by Gasteiger charge is 2.54. The maximum absolute atomic E-state index is 12.8. The van der Waals surface area contributed by atoms with Gasteiger partial charge in [-0.2, -0.15) is 13.2 Å². The van der Waals surface area contributed by atoms with Gasteiger partial charge in [0.25, 0.3) is 0 Å². The van der Waals surface area contributed by atoms with Crippen LogP contribution in [0.3, 0.4) is 0 Å². The molecule has 1 aromatic carbocycles. The molecule has 8 heteroatoms. The van der Waals surface area contributed by atoms with Crippen LogP contribution in [-0.2, 0) is 6.54 Å². The molecule has 1 aliphatic rings. The number of carbonyl (C=O) groups excluding carboxylic acids is 1. The molecule has 1 fully saturated rings. The zero-order chi connectivity index (χ0) is 17.4. The van der Waals surface area contributed by atoms with Gasteiger partial charge in [0.15, 0.2) is 5.60 Å². The third-order valence-electron chi connectivity index (χ3n) is 4.42. The summed E-state index contributed by atoms with van der Waals surface area (Å²) in [5.74, 6) is 0. The Morgan fingerprint density at radius 2 is 1.96 bits per heavy atom. The van der Waals surface area contributed by atoms with E-state index in [1.165, 1.54) is 4.90 Å². The molecule has 3 N–H and O–H groups in total. The van der Waals surface area contributed by atoms with Crippen LogP contribution in [0.25, 0.3) is 10.9 Å². The van der Waals surface area contributed by atoms with E-state index in [0.717, 1.165) is 16.6 Å². The van der Waals surface area contributed by atoms with Crippen molar-refractivity contribution < 1.29 is 23.1 Å². The molecule has 0 bridgehead atoms. The predicted octanol–water partition coefficient (Wildman–Crippen LogP) is 2.77. The number of alkyl halides is 3. The van der Waals surface area contributed by atoms with Gasteiger partial charge in [0.1, 0.15) is 0 Å². The summed E-state index contributed by atoms with van der Waals surface area (Å²) in [5, 5.41) is 13.3. The number of benzene rings is 1. The minimum Gasteiger partial charge on any atom is -0.380 e. The van der Waals surface area contributed by atoms with Crippen LogP contribution in [-0.4, -0.2) is 45.9 Å². The Morgan fingerprint density at radius 3 is 2.58 bits per heavy atom. The van der Waals surface area contributed by atoms with E-state index in [2.05, 4.69) is 10.3 Å². The van der Waals surface area contributed by atoms with Gasteiger partial charge in [-0.15, -0.1) is 0 Å². The molecular formula is C16H18F3N3O2. The summed E-state index contributed by atoms with van der Waals surface area (Å²) in [7, 11) is 0. The van der Waals surface area contributed by atoms with Crippen molar-refractivity contribution in [1.82, 2.24) is 15.2 Å². The fourth-order valence-electron chi connectivity index (χ4n) is 2.87. The number of halogens is 3. The first-order valence-corrected chi connectivity index (χ1v) is 7.67. The highest BCUT2D eigenvalue weighted by molar-refractivity contribution is 5.80. The second kappa shape index (κ2) is 6.01. The molecule has 2 amide bonds. The van der Waals surface area contributed by atoms with Crippen LogP contribution >= 0.6 is 0 Å². The Bertz CT molecular complexity index is 700. The van der Waals surface area contributed by atoms with Gasteiger partial charge in [0, 0.05) is 37.1 Å². The number of H-pyrrole nitrogens is 1. The zero-order valence-electron chi connectivity index (χ0n) is 12.9. The number of piperidine rings is 1. The smallest absolute Gasteiger partial charge is 0.380 e. The van der Waals surface area contributed by atoms with E-state index in [1.54, 1.807) is 0 Å². The molecule has 24 heavy (non-hydrogen) atoms. The first kappa shape index (κ1) is 16.6. The molecular weight excluding hydrogens is 323 g/mol. The molecule has 0 aliphatic carbocycles. The van der Waals surface area contributed by atoms with Gasteiger partial charge in [0.2, 0.25) is 0 Å². The van der Waals surface area contributed by atoms with Crippen molar-refractivity contribution in [3.63, 3.8) is 0 Å². The number of aromatic nitrogens is 1. The van der Waals surface area contributed by atoms with Gasteiger partial charge < -0.3 is 20.3 Å². The summed E-state index contributed by atoms with van der Waals surface area (Å²) in [4.78, 5) is 16.5. The number of aromatic amines is 1. The summed E-state index contributed by atoms with van der Waals surface area (Å²) < 4.78 is 38.3. The maximum Gasteiger partial charge on any atom is 0.417 e. The third kappa shape index (κ3) is 3.19. The summed E-state index contributed by atoms with van der Waals surface area (Å²) >= 11 is 0. The van der Waals surface area contributed by atoms with Crippen LogP contribution in [0, 0.1) is 0 Å². The lowest BCUT2D eigenvalue weighted by Crippen LogP contribution is -2.55. The summed E-state index contributed by atoms with van der Waals surface area (Å²) in [6.45, 7) is -0.00333. The predicted molar refractivity (Wildman–Crippen MR) is 82.3 cm³/mol. The van der Waals surface area contributed by atoms with Crippen molar-refractivity contribution in [3.8, 4) is 0 Å². The number of nitrogens with zero attached hydrogens (tertiary/aromatic N) is 1. The number of amides is 2. The van der Waals surface area contributed by atoms with Gasteiger partial charge in [-0.1, -0.05) is 18.2 Å². The third-order valence-corrected chi connectivity index (χ3v) is 4.42. The first-order chi connectivity index (χ1) is 11.3. The SMILES string of the molecule is O=C(NCc1cc2ccccc2[nH]1)N1CCC(O)(C(F)(F)F)CC1. The number of rotatable bonds is 2. The minimum absolute atomic E-state index is 0.130. The van der Waals surface area contributed by atoms with Gasteiger partial charge in [-0.3, -0.25) is 0 Å². The Kier molecular flexibility index (Phi) is 4.16. The molecule has 0 atom stereocenters. The highest BCUT2D eigenvalue weighted by Crippen LogP contribution is 2.38. The van der Waals surface area contributed by atoms with Crippen molar-refractivity contribution in [2.75, 3.05) is 13.1 Å². The quantitative estimate of drug-likeness (QED) is 0.786. The van der Waals surface area contributed by atoms with Crippen molar-refractivity contribution in [2.45, 2.75) is 31.2 Å². The van der Waals surface area contributed by atoms with Gasteiger partial charge in [-0.05, 0) is 17.5 Å². The molecule has 1 saturated heterocycles. The minimum atomic E-state index is -4.67. The Hall–Kier alpha value is -2.22. The normalized spacial score (nSPS) is 17.9. The van der Waals surface area contributed by atoms with Crippen molar-refractivity contribution in [3.05, 3.63) is 36.0 Å². The second-order valence-corrected chi connectivity index (χ2v) is 6.06. The fraction of sp³-hybridized carbons (Fsp3) is 0.438. The molecule has 5 nitrogen and oxygen atoms in total. The number of hydrogen-bond donors (Lipinski definition) is 3. The maximum atomic E-state index is 12.8. The molecule has 3 rings (SSSR count). The van der Waals surface area contributed by atoms with Crippen LogP contribution in [0.4, 0.5) is 18.0 Å². The van der Waals surface area contributed by atoms with E-state index < -0.39 is 30.7 Å². The van der Waals surface area contributed by atoms with Crippen molar-refractivity contribution >= 4 is 16.9 Å². The largest absolute Gasteiger partial charge is 0.417 e. The lowest BCUT2D eigenvalue weighted by molar-refractivity contribution is -0.271. The molecule has 2 heterocycles. The number of carbonyl (C=O) groups is 1. The molecule has 1 aliphatic heterocycles. The highest BCUT2D eigenvalue weighted by atomic mass is 19.4. The summed E-state index contributed by atoms with van der Waals surface area (Å²) in [6.07, 6.45) is -5.67. The average molecular weight is 341 g/mol. The lowest BCUT2D eigenvalue weighted by atomic mass is 9.91. The number of nitrogens with one attached hydrogen (secondary N) is 2. The van der Waals surface area contributed by atoms with Crippen LogP contribution < -0.4 is 5.32 Å². The first-order valence-electron chi connectivity index (χ1n) is 7.67. The van der Waals surface area contributed by atoms with E-state index in [1.807, 2.05) is 30.3 Å². The standard InChI is InChI=1S/C16H18F3N3O2/c17-16(18,19)15(24)5-7-22(8-6-15)14(23)20-10-12-9-11-3-1-2-4-13(11)21-12/h1-4,9,21,24H,5-8,10H2,(H,20,23). The van der Waals surface area contributed by atoms with Crippen LogP contribution in [0.1, 0.15) is 18.5 Å². The van der Waals surface area contributed by atoms with Crippen molar-refractivity contribution in [1.29, 1.82) is 0 Å². The number of fused-ring (bicyclic) bond motifs is 1. The lowest BCUT2D eigenvalue weighted by Gasteiger charge is -2.38. The Morgan fingerprint density at radius 1 is 1.29 bits per heavy atom. The van der Waals surface area contributed by atoms with E-state index in [4.69, 9.17) is 0 Å². The number of aliphatic hydroxyl groups is 1. The monoisotopic (exact) mass is 341 g/mol. The molecule has 1 aromatic heterocycles. The van der Waals surface area contributed by atoms with Crippen molar-refractivity contribution in [2.24, 2.45) is 0 Å². The Balaban J connectivity index is 1.55. The number of hydrogen-bond acceptors (Lipinski definition) is 2. The molecule has 0 radical (unpaired) electrons. The molecule has 0 spiro atoms. The number of likely N-dealkylation sites (tertiary alicyclic amines) is 1. The van der Waals surface area contributed by atoms with Crippen LogP contribution in [0.15, 0.2) is 30.3 Å². The second-order valence-electron chi connectivity index (χ2n) is 6.06. The van der Waals surface area contributed by atoms with E-state index in [0.29, 0.717) is 0 Å². The Labute approximate surface area is 136 Å². The van der Waals surface area contributed by atoms with E-state index >= 15 is 0 Å². The summed E-state index contributed by atoms with van der Waals surface area (Å²) in [6, 6.07) is 9.15. The molecule has 0 unspecified atom stereocenters. The molecule has 0 saturated carbocycles. The van der Waals surface area contributed by atoms with Crippen LogP contribution in [0.5, 0.6) is 0 Å². The van der Waals surface area contributed by atoms with E-state index in [-0.39, 0.29) is 19.6 Å². The topological polar surface area (TPSA) is 68.4 Å². The van der Waals surface area contributed by atoms with Gasteiger partial charge >= 0.3 is 12.2 Å². The number of para-hydroxylation sites is 1. The van der Waals surface area contributed by atoms with Gasteiger partial charge in [-0.25, -0.2) is 4.79 Å². The molecule has 2 aromatic rings. The zero-order valence-corrected chi connectivity index (χ0v) is 12.9. The number of urea groups is 1.